The van der Waals surface area contributed by atoms with Crippen LogP contribution in [0.2, 0.25) is 0 Å². The number of sulfonamides is 1. The SMILES string of the molecule is CC(C)NCc1cn[nH]c1S(=O)(=O)N(C)C1CCOC1C. The van der Waals surface area contributed by atoms with Gasteiger partial charge in [0, 0.05) is 31.8 Å². The predicted octanol–water partition coefficient (Wildman–Crippen LogP) is 0.706. The maximum atomic E-state index is 12.8. The van der Waals surface area contributed by atoms with Crippen LogP contribution in [0, 0.1) is 0 Å². The fourth-order valence-electron chi connectivity index (χ4n) is 2.48. The number of hydrogen-bond donors (Lipinski definition) is 2. The minimum atomic E-state index is -3.60. The first-order valence-electron chi connectivity index (χ1n) is 7.19. The number of aromatic amines is 1. The molecule has 1 aromatic rings. The Bertz CT molecular complexity index is 570. The highest BCUT2D eigenvalue weighted by atomic mass is 32.2. The first-order valence-corrected chi connectivity index (χ1v) is 8.63. The topological polar surface area (TPSA) is 87.3 Å². The van der Waals surface area contributed by atoms with Crippen molar-refractivity contribution < 1.29 is 13.2 Å². The van der Waals surface area contributed by atoms with Crippen LogP contribution in [0.4, 0.5) is 0 Å². The van der Waals surface area contributed by atoms with Gasteiger partial charge in [-0.3, -0.25) is 5.10 Å². The summed E-state index contributed by atoms with van der Waals surface area (Å²) in [4.78, 5) is 0. The molecule has 8 heteroatoms. The van der Waals surface area contributed by atoms with Gasteiger partial charge in [0.2, 0.25) is 0 Å². The van der Waals surface area contributed by atoms with Crippen molar-refractivity contribution >= 4 is 10.0 Å². The van der Waals surface area contributed by atoms with Gasteiger partial charge in [0.15, 0.2) is 5.03 Å². The lowest BCUT2D eigenvalue weighted by Crippen LogP contribution is -2.41. The van der Waals surface area contributed by atoms with Gasteiger partial charge in [-0.15, -0.1) is 0 Å². The van der Waals surface area contributed by atoms with Crippen molar-refractivity contribution in [3.05, 3.63) is 11.8 Å². The molecular weight excluding hydrogens is 292 g/mol. The number of ether oxygens (including phenoxy) is 1. The van der Waals surface area contributed by atoms with Crippen LogP contribution in [-0.2, 0) is 21.3 Å². The third-order valence-electron chi connectivity index (χ3n) is 3.82. The normalized spacial score (nSPS) is 23.3. The molecule has 0 bridgehead atoms. The van der Waals surface area contributed by atoms with E-state index in [9.17, 15) is 8.42 Å². The summed E-state index contributed by atoms with van der Waals surface area (Å²) < 4.78 is 32.4. The van der Waals surface area contributed by atoms with Crippen LogP contribution >= 0.6 is 0 Å². The van der Waals surface area contributed by atoms with Crippen LogP contribution in [-0.4, -0.2) is 54.8 Å². The van der Waals surface area contributed by atoms with E-state index in [1.54, 1.807) is 13.2 Å². The second-order valence-corrected chi connectivity index (χ2v) is 7.65. The molecule has 0 radical (unpaired) electrons. The van der Waals surface area contributed by atoms with Crippen molar-refractivity contribution in [1.82, 2.24) is 19.8 Å². The highest BCUT2D eigenvalue weighted by molar-refractivity contribution is 7.89. The third-order valence-corrected chi connectivity index (χ3v) is 5.72. The number of likely N-dealkylation sites (N-methyl/N-ethyl adjacent to an activating group) is 1. The van der Waals surface area contributed by atoms with Crippen LogP contribution in [0.25, 0.3) is 0 Å². The second kappa shape index (κ2) is 6.43. The molecule has 0 aliphatic carbocycles. The predicted molar refractivity (Wildman–Crippen MR) is 79.3 cm³/mol. The van der Waals surface area contributed by atoms with Crippen molar-refractivity contribution in [2.75, 3.05) is 13.7 Å². The maximum absolute atomic E-state index is 12.8. The second-order valence-electron chi connectivity index (χ2n) is 5.71. The summed E-state index contributed by atoms with van der Waals surface area (Å²) in [5.74, 6) is 0. The molecule has 1 saturated heterocycles. The molecule has 2 atom stereocenters. The summed E-state index contributed by atoms with van der Waals surface area (Å²) in [5, 5.41) is 9.89. The van der Waals surface area contributed by atoms with Gasteiger partial charge in [-0.05, 0) is 13.3 Å². The molecule has 21 heavy (non-hydrogen) atoms. The molecule has 2 unspecified atom stereocenters. The summed E-state index contributed by atoms with van der Waals surface area (Å²) in [6.07, 6.45) is 2.18. The molecule has 1 aliphatic rings. The summed E-state index contributed by atoms with van der Waals surface area (Å²) in [6.45, 7) is 6.98. The molecule has 0 aromatic carbocycles. The van der Waals surface area contributed by atoms with Crippen molar-refractivity contribution in [3.63, 3.8) is 0 Å². The highest BCUT2D eigenvalue weighted by Gasteiger charge is 2.36. The first-order chi connectivity index (χ1) is 9.84. The fourth-order valence-corrected chi connectivity index (χ4v) is 4.03. The number of aromatic nitrogens is 2. The molecule has 1 aromatic heterocycles. The third kappa shape index (κ3) is 3.45. The Balaban J connectivity index is 2.21. The monoisotopic (exact) mass is 316 g/mol. The Hall–Kier alpha value is -0.960. The molecule has 0 saturated carbocycles. The van der Waals surface area contributed by atoms with E-state index >= 15 is 0 Å². The van der Waals surface area contributed by atoms with E-state index in [1.807, 2.05) is 20.8 Å². The molecule has 7 nitrogen and oxygen atoms in total. The molecule has 0 amide bonds. The Morgan fingerprint density at radius 3 is 2.86 bits per heavy atom. The van der Waals surface area contributed by atoms with E-state index in [0.717, 1.165) is 0 Å². The quantitative estimate of drug-likeness (QED) is 0.807. The summed E-state index contributed by atoms with van der Waals surface area (Å²) in [6, 6.07) is 0.139. The molecule has 1 fully saturated rings. The number of nitrogens with one attached hydrogen (secondary N) is 2. The van der Waals surface area contributed by atoms with E-state index < -0.39 is 10.0 Å². The van der Waals surface area contributed by atoms with Crippen LogP contribution < -0.4 is 5.32 Å². The lowest BCUT2D eigenvalue weighted by atomic mass is 10.2. The molecule has 2 heterocycles. The van der Waals surface area contributed by atoms with Crippen molar-refractivity contribution in [3.8, 4) is 0 Å². The highest BCUT2D eigenvalue weighted by Crippen LogP contribution is 2.25. The first kappa shape index (κ1) is 16.4. The zero-order valence-corrected chi connectivity index (χ0v) is 13.8. The standard InChI is InChI=1S/C13H24N4O3S/c1-9(2)14-7-11-8-15-16-13(11)21(18,19)17(4)12-5-6-20-10(12)3/h8-10,12,14H,5-7H2,1-4H3,(H,15,16). The number of rotatable bonds is 6. The molecule has 1 aliphatic heterocycles. The maximum Gasteiger partial charge on any atom is 0.260 e. The van der Waals surface area contributed by atoms with Gasteiger partial charge in [-0.25, -0.2) is 8.42 Å². The number of hydrogen-bond acceptors (Lipinski definition) is 5. The van der Waals surface area contributed by atoms with Crippen molar-refractivity contribution in [2.45, 2.75) is 57.0 Å². The average Bonchev–Trinajstić information content (AvgIpc) is 3.04. The minimum Gasteiger partial charge on any atom is -0.377 e. The van der Waals surface area contributed by atoms with E-state index in [4.69, 9.17) is 4.74 Å². The molecular formula is C13H24N4O3S. The molecule has 0 spiro atoms. The zero-order chi connectivity index (χ0) is 15.6. The van der Waals surface area contributed by atoms with Gasteiger partial charge in [-0.2, -0.15) is 9.40 Å². The summed E-state index contributed by atoms with van der Waals surface area (Å²) >= 11 is 0. The Morgan fingerprint density at radius 1 is 1.57 bits per heavy atom. The average molecular weight is 316 g/mol. The zero-order valence-electron chi connectivity index (χ0n) is 13.0. The molecule has 2 rings (SSSR count). The van der Waals surface area contributed by atoms with Crippen LogP contribution in [0.3, 0.4) is 0 Å². The lowest BCUT2D eigenvalue weighted by molar-refractivity contribution is 0.102. The van der Waals surface area contributed by atoms with Gasteiger partial charge in [-0.1, -0.05) is 13.8 Å². The Morgan fingerprint density at radius 2 is 2.29 bits per heavy atom. The van der Waals surface area contributed by atoms with Crippen LogP contribution in [0.15, 0.2) is 11.2 Å². The van der Waals surface area contributed by atoms with E-state index in [1.165, 1.54) is 4.31 Å². The van der Waals surface area contributed by atoms with Gasteiger partial charge in [0.05, 0.1) is 18.3 Å². The van der Waals surface area contributed by atoms with E-state index in [-0.39, 0.29) is 23.2 Å². The number of nitrogens with zero attached hydrogens (tertiary/aromatic N) is 2. The number of H-pyrrole nitrogens is 1. The van der Waals surface area contributed by atoms with E-state index in [0.29, 0.717) is 25.1 Å². The molecule has 120 valence electrons. The smallest absolute Gasteiger partial charge is 0.260 e. The van der Waals surface area contributed by atoms with E-state index in [2.05, 4.69) is 15.5 Å². The Labute approximate surface area is 126 Å². The van der Waals surface area contributed by atoms with Gasteiger partial charge in [0.1, 0.15) is 0 Å². The summed E-state index contributed by atoms with van der Waals surface area (Å²) in [7, 11) is -1.99. The Kier molecular flexibility index (Phi) is 5.03. The summed E-state index contributed by atoms with van der Waals surface area (Å²) in [5.41, 5.74) is 0.655. The minimum absolute atomic E-state index is 0.0927. The van der Waals surface area contributed by atoms with Gasteiger partial charge in [0.25, 0.3) is 10.0 Å². The van der Waals surface area contributed by atoms with Crippen LogP contribution in [0.5, 0.6) is 0 Å². The van der Waals surface area contributed by atoms with Crippen molar-refractivity contribution in [2.24, 2.45) is 0 Å². The van der Waals surface area contributed by atoms with Crippen LogP contribution in [0.1, 0.15) is 32.8 Å². The fraction of sp³-hybridized carbons (Fsp3) is 0.769. The van der Waals surface area contributed by atoms with Gasteiger partial charge < -0.3 is 10.1 Å². The van der Waals surface area contributed by atoms with Crippen molar-refractivity contribution in [1.29, 1.82) is 0 Å². The molecule has 2 N–H and O–H groups in total. The largest absolute Gasteiger partial charge is 0.377 e. The lowest BCUT2D eigenvalue weighted by Gasteiger charge is -2.25. The van der Waals surface area contributed by atoms with Gasteiger partial charge >= 0.3 is 0 Å².